The zero-order valence-electron chi connectivity index (χ0n) is 14.9. The smallest absolute Gasteiger partial charge is 0.228 e. The van der Waals surface area contributed by atoms with Crippen molar-refractivity contribution >= 4 is 23.3 Å². The number of aliphatic hydroxyl groups excluding tert-OH is 1. The van der Waals surface area contributed by atoms with Crippen LogP contribution in [-0.2, 0) is 4.79 Å². The molecule has 24 heavy (non-hydrogen) atoms. The van der Waals surface area contributed by atoms with Gasteiger partial charge in [-0.2, -0.15) is 0 Å². The van der Waals surface area contributed by atoms with E-state index >= 15 is 0 Å². The van der Waals surface area contributed by atoms with Crippen molar-refractivity contribution in [1.29, 1.82) is 0 Å². The third-order valence-corrected chi connectivity index (χ3v) is 4.79. The lowest BCUT2D eigenvalue weighted by atomic mass is 9.91. The summed E-state index contributed by atoms with van der Waals surface area (Å²) in [4.78, 5) is 21.3. The normalized spacial score (nSPS) is 21.0. The van der Waals surface area contributed by atoms with Crippen LogP contribution in [-0.4, -0.2) is 52.7 Å². The molecule has 0 saturated carbocycles. The second-order valence-electron chi connectivity index (χ2n) is 7.14. The Morgan fingerprint density at radius 3 is 2.58 bits per heavy atom. The van der Waals surface area contributed by atoms with Crippen LogP contribution in [0.4, 0.5) is 5.82 Å². The van der Waals surface area contributed by atoms with Crippen molar-refractivity contribution in [2.24, 2.45) is 11.8 Å². The third kappa shape index (κ3) is 4.61. The average Bonchev–Trinajstić information content (AvgIpc) is 2.52. The summed E-state index contributed by atoms with van der Waals surface area (Å²) in [6.45, 7) is 10.0. The minimum atomic E-state index is -0.622. The van der Waals surface area contributed by atoms with Gasteiger partial charge in [0.1, 0.15) is 5.82 Å². The number of piperazine rings is 1. The highest BCUT2D eigenvalue weighted by Crippen LogP contribution is 2.23. The number of aromatic nitrogens is 1. The molecule has 0 bridgehead atoms. The van der Waals surface area contributed by atoms with E-state index in [1.54, 1.807) is 13.1 Å². The fourth-order valence-electron chi connectivity index (χ4n) is 3.27. The number of pyridine rings is 1. The van der Waals surface area contributed by atoms with Crippen LogP contribution in [0.25, 0.3) is 0 Å². The van der Waals surface area contributed by atoms with Crippen LogP contribution < -0.4 is 4.90 Å². The summed E-state index contributed by atoms with van der Waals surface area (Å²) >= 11 is 5.89. The average molecular weight is 354 g/mol. The molecule has 134 valence electrons. The van der Waals surface area contributed by atoms with Crippen molar-refractivity contribution in [3.05, 3.63) is 23.4 Å². The first-order valence-corrected chi connectivity index (χ1v) is 9.02. The maximum Gasteiger partial charge on any atom is 0.228 e. The largest absolute Gasteiger partial charge is 0.393 e. The molecule has 1 N–H and O–H groups in total. The van der Waals surface area contributed by atoms with Crippen LogP contribution in [0.2, 0.25) is 5.02 Å². The Morgan fingerprint density at radius 1 is 1.38 bits per heavy atom. The number of hydrogen-bond donors (Lipinski definition) is 1. The van der Waals surface area contributed by atoms with Crippen LogP contribution >= 0.6 is 11.6 Å². The lowest BCUT2D eigenvalue weighted by Crippen LogP contribution is -2.56. The van der Waals surface area contributed by atoms with Crippen LogP contribution in [0.5, 0.6) is 0 Å². The van der Waals surface area contributed by atoms with E-state index in [4.69, 9.17) is 11.6 Å². The lowest BCUT2D eigenvalue weighted by molar-refractivity contribution is -0.142. The molecule has 5 nitrogen and oxygen atoms in total. The minimum Gasteiger partial charge on any atom is -0.393 e. The fourth-order valence-corrected chi connectivity index (χ4v) is 3.38. The van der Waals surface area contributed by atoms with Gasteiger partial charge in [0, 0.05) is 31.9 Å². The molecule has 6 heteroatoms. The standard InChI is InChI=1S/C18H28ClN3O2/c1-12(2)9-16(14(4)23)18(24)22-8-7-21(11-13(22)3)17-6-5-15(19)10-20-17/h5-6,10,12-14,16,23H,7-9,11H2,1-4H3/t13-,14-,16+/m1/s1. The molecule has 2 heterocycles. The Balaban J connectivity index is 2.04. The Hall–Kier alpha value is -1.33. The van der Waals surface area contributed by atoms with Crippen LogP contribution in [0.3, 0.4) is 0 Å². The molecule has 1 aromatic rings. The maximum atomic E-state index is 12.9. The van der Waals surface area contributed by atoms with Crippen molar-refractivity contribution in [3.8, 4) is 0 Å². The quantitative estimate of drug-likeness (QED) is 0.884. The molecule has 2 rings (SSSR count). The summed E-state index contributed by atoms with van der Waals surface area (Å²) in [5, 5.41) is 10.6. The van der Waals surface area contributed by atoms with Crippen molar-refractivity contribution in [1.82, 2.24) is 9.88 Å². The minimum absolute atomic E-state index is 0.0647. The summed E-state index contributed by atoms with van der Waals surface area (Å²) in [6.07, 6.45) is 1.73. The number of carbonyl (C=O) groups excluding carboxylic acids is 1. The molecule has 1 aromatic heterocycles. The van der Waals surface area contributed by atoms with Gasteiger partial charge in [-0.1, -0.05) is 25.4 Å². The highest BCUT2D eigenvalue weighted by molar-refractivity contribution is 6.30. The molecular formula is C18H28ClN3O2. The van der Waals surface area contributed by atoms with Crippen molar-refractivity contribution < 1.29 is 9.90 Å². The lowest BCUT2D eigenvalue weighted by Gasteiger charge is -2.42. The number of carbonyl (C=O) groups is 1. The highest BCUT2D eigenvalue weighted by atomic mass is 35.5. The van der Waals surface area contributed by atoms with Gasteiger partial charge in [0.15, 0.2) is 0 Å². The van der Waals surface area contributed by atoms with E-state index in [2.05, 4.69) is 30.7 Å². The highest BCUT2D eigenvalue weighted by Gasteiger charge is 2.34. The van der Waals surface area contributed by atoms with Crippen molar-refractivity contribution in [2.75, 3.05) is 24.5 Å². The molecule has 1 fully saturated rings. The number of nitrogens with zero attached hydrogens (tertiary/aromatic N) is 3. The van der Waals surface area contributed by atoms with Crippen molar-refractivity contribution in [2.45, 2.75) is 46.3 Å². The Morgan fingerprint density at radius 2 is 2.08 bits per heavy atom. The number of halogens is 1. The second-order valence-corrected chi connectivity index (χ2v) is 7.57. The van der Waals surface area contributed by atoms with E-state index in [9.17, 15) is 9.90 Å². The Labute approximate surface area is 149 Å². The first-order chi connectivity index (χ1) is 11.3. The van der Waals surface area contributed by atoms with E-state index in [1.807, 2.05) is 17.0 Å². The van der Waals surface area contributed by atoms with Gasteiger partial charge in [0.2, 0.25) is 5.91 Å². The topological polar surface area (TPSA) is 56.7 Å². The zero-order valence-corrected chi connectivity index (χ0v) is 15.7. The predicted molar refractivity (Wildman–Crippen MR) is 97.3 cm³/mol. The number of hydrogen-bond acceptors (Lipinski definition) is 4. The molecule has 0 spiro atoms. The van der Waals surface area contributed by atoms with Crippen LogP contribution in [0.15, 0.2) is 18.3 Å². The van der Waals surface area contributed by atoms with E-state index in [0.717, 1.165) is 18.9 Å². The molecule has 0 radical (unpaired) electrons. The number of anilines is 1. The number of rotatable bonds is 5. The SMILES string of the molecule is CC(C)C[C@H](C(=O)N1CCN(c2ccc(Cl)cn2)C[C@H]1C)[C@@H](C)O. The first kappa shape index (κ1) is 19.0. The summed E-state index contributed by atoms with van der Waals surface area (Å²) in [6, 6.07) is 3.82. The molecule has 0 aromatic carbocycles. The van der Waals surface area contributed by atoms with Gasteiger partial charge in [0.05, 0.1) is 17.0 Å². The number of aliphatic hydroxyl groups is 1. The summed E-state index contributed by atoms with van der Waals surface area (Å²) < 4.78 is 0. The van der Waals surface area contributed by atoms with E-state index < -0.39 is 6.10 Å². The molecule has 1 amide bonds. The predicted octanol–water partition coefficient (Wildman–Crippen LogP) is 2.82. The fraction of sp³-hybridized carbons (Fsp3) is 0.667. The van der Waals surface area contributed by atoms with E-state index in [-0.39, 0.29) is 17.9 Å². The number of amides is 1. The van der Waals surface area contributed by atoms with E-state index in [0.29, 0.717) is 23.9 Å². The van der Waals surface area contributed by atoms with Crippen LogP contribution in [0.1, 0.15) is 34.1 Å². The Bertz CT molecular complexity index is 548. The van der Waals surface area contributed by atoms with Crippen LogP contribution in [0, 0.1) is 11.8 Å². The third-order valence-electron chi connectivity index (χ3n) is 4.57. The van der Waals surface area contributed by atoms with Crippen molar-refractivity contribution in [3.63, 3.8) is 0 Å². The van der Waals surface area contributed by atoms with Gasteiger partial charge >= 0.3 is 0 Å². The summed E-state index contributed by atoms with van der Waals surface area (Å²) in [7, 11) is 0. The molecular weight excluding hydrogens is 326 g/mol. The second kappa shape index (κ2) is 8.17. The first-order valence-electron chi connectivity index (χ1n) is 8.64. The summed E-state index contributed by atoms with van der Waals surface area (Å²) in [5.41, 5.74) is 0. The zero-order chi connectivity index (χ0) is 17.9. The maximum absolute atomic E-state index is 12.9. The van der Waals surface area contributed by atoms with Gasteiger partial charge in [-0.3, -0.25) is 4.79 Å². The van der Waals surface area contributed by atoms with Gasteiger partial charge in [-0.05, 0) is 38.3 Å². The molecule has 0 aliphatic carbocycles. The summed E-state index contributed by atoms with van der Waals surface area (Å²) in [5.74, 6) is 0.999. The van der Waals surface area contributed by atoms with Gasteiger partial charge in [-0.25, -0.2) is 4.98 Å². The van der Waals surface area contributed by atoms with Gasteiger partial charge in [0.25, 0.3) is 0 Å². The van der Waals surface area contributed by atoms with E-state index in [1.165, 1.54) is 0 Å². The molecule has 1 saturated heterocycles. The molecule has 3 atom stereocenters. The molecule has 1 aliphatic rings. The molecule has 1 aliphatic heterocycles. The molecule has 0 unspecified atom stereocenters. The monoisotopic (exact) mass is 353 g/mol. The Kier molecular flexibility index (Phi) is 6.47. The van der Waals surface area contributed by atoms with Gasteiger partial charge in [-0.15, -0.1) is 0 Å². The van der Waals surface area contributed by atoms with Gasteiger partial charge < -0.3 is 14.9 Å².